The molecule has 0 saturated heterocycles. The van der Waals surface area contributed by atoms with Crippen molar-refractivity contribution in [3.63, 3.8) is 0 Å². The lowest BCUT2D eigenvalue weighted by atomic mass is 9.85. The second kappa shape index (κ2) is 7.80. The molecule has 30 heavy (non-hydrogen) atoms. The number of aromatic nitrogens is 1. The molecule has 0 bridgehead atoms. The number of nitrogens with zero attached hydrogens (tertiary/aromatic N) is 1. The van der Waals surface area contributed by atoms with E-state index in [-0.39, 0.29) is 18.5 Å². The molecule has 1 atom stereocenters. The van der Waals surface area contributed by atoms with Gasteiger partial charge in [-0.05, 0) is 49.2 Å². The molecule has 0 fully saturated rings. The van der Waals surface area contributed by atoms with E-state index in [0.717, 1.165) is 39.3 Å². The molecule has 0 amide bonds. The van der Waals surface area contributed by atoms with Crippen molar-refractivity contribution < 1.29 is 14.6 Å². The van der Waals surface area contributed by atoms with Gasteiger partial charge < -0.3 is 20.3 Å². The lowest BCUT2D eigenvalue weighted by Gasteiger charge is -2.29. The molecular formula is C24H25N3O3. The Hall–Kier alpha value is -3.38. The van der Waals surface area contributed by atoms with Crippen LogP contribution in [0, 0.1) is 5.41 Å². The van der Waals surface area contributed by atoms with E-state index < -0.39 is 5.60 Å². The molecule has 1 unspecified atom stereocenters. The summed E-state index contributed by atoms with van der Waals surface area (Å²) in [5.74, 6) is 1.34. The smallest absolute Gasteiger partial charge is 0.279 e. The van der Waals surface area contributed by atoms with Crippen LogP contribution in [0.1, 0.15) is 36.5 Å². The first kappa shape index (κ1) is 19.9. The number of rotatable bonds is 5. The number of aliphatic hydroxyl groups is 1. The van der Waals surface area contributed by atoms with Gasteiger partial charge in [-0.25, -0.2) is 0 Å². The van der Waals surface area contributed by atoms with Gasteiger partial charge >= 0.3 is 0 Å². The highest BCUT2D eigenvalue weighted by Crippen LogP contribution is 2.46. The Bertz CT molecular complexity index is 1070. The summed E-state index contributed by atoms with van der Waals surface area (Å²) in [6.45, 7) is 3.80. The van der Waals surface area contributed by atoms with E-state index in [1.165, 1.54) is 0 Å². The number of hydrogen-bond donors (Lipinski definition) is 3. The van der Waals surface area contributed by atoms with Crippen molar-refractivity contribution in [1.82, 2.24) is 4.98 Å². The van der Waals surface area contributed by atoms with Crippen LogP contribution in [0.2, 0.25) is 0 Å². The first-order chi connectivity index (χ1) is 14.3. The third kappa shape index (κ3) is 4.28. The molecule has 0 spiro atoms. The molecule has 2 heterocycles. The van der Waals surface area contributed by atoms with Gasteiger partial charge in [0, 0.05) is 35.5 Å². The van der Waals surface area contributed by atoms with Crippen LogP contribution in [0.3, 0.4) is 0 Å². The molecule has 6 nitrogen and oxygen atoms in total. The molecule has 1 aliphatic heterocycles. The number of fused-ring (bicyclic) bond motifs is 2. The zero-order chi connectivity index (χ0) is 21.3. The Morgan fingerprint density at radius 1 is 1.13 bits per heavy atom. The van der Waals surface area contributed by atoms with Gasteiger partial charge in [0.2, 0.25) is 0 Å². The van der Waals surface area contributed by atoms with E-state index in [2.05, 4.69) is 11.1 Å². The molecule has 0 aliphatic carbocycles. The lowest BCUT2D eigenvalue weighted by Crippen LogP contribution is -2.23. The first-order valence-corrected chi connectivity index (χ1v) is 9.84. The van der Waals surface area contributed by atoms with Gasteiger partial charge in [-0.3, -0.25) is 10.4 Å². The molecular weight excluding hydrogens is 378 g/mol. The minimum Gasteiger partial charge on any atom is -0.465 e. The van der Waals surface area contributed by atoms with Gasteiger partial charge in [0.1, 0.15) is 18.1 Å². The maximum absolute atomic E-state index is 10.2. The SMILES string of the molecule is CC(C)(O)Cc1ccc2c(c1)C(COC(=N)N)c1cc(-c3cccnc3)ccc1O2. The monoisotopic (exact) mass is 403 g/mol. The fourth-order valence-electron chi connectivity index (χ4n) is 3.84. The zero-order valence-electron chi connectivity index (χ0n) is 17.1. The molecule has 3 aromatic rings. The Kier molecular flexibility index (Phi) is 5.18. The van der Waals surface area contributed by atoms with Crippen molar-refractivity contribution >= 4 is 6.02 Å². The lowest BCUT2D eigenvalue weighted by molar-refractivity contribution is 0.0809. The third-order valence-corrected chi connectivity index (χ3v) is 5.09. The molecule has 1 aliphatic rings. The van der Waals surface area contributed by atoms with Gasteiger partial charge in [0.25, 0.3) is 6.02 Å². The second-order valence-corrected chi connectivity index (χ2v) is 8.19. The normalized spacial score (nSPS) is 15.0. The Labute approximate surface area is 175 Å². The van der Waals surface area contributed by atoms with Crippen molar-refractivity contribution in [3.05, 3.63) is 77.6 Å². The summed E-state index contributed by atoms with van der Waals surface area (Å²) in [6, 6.07) is 15.6. The van der Waals surface area contributed by atoms with E-state index in [0.29, 0.717) is 6.42 Å². The van der Waals surface area contributed by atoms with Gasteiger partial charge in [-0.2, -0.15) is 0 Å². The summed E-state index contributed by atoms with van der Waals surface area (Å²) in [5.41, 5.74) is 9.60. The van der Waals surface area contributed by atoms with Crippen LogP contribution in [-0.2, 0) is 11.2 Å². The van der Waals surface area contributed by atoms with Crippen LogP contribution in [0.4, 0.5) is 0 Å². The molecule has 4 rings (SSSR count). The quantitative estimate of drug-likeness (QED) is 0.438. The number of nitrogens with two attached hydrogens (primary N) is 1. The maximum Gasteiger partial charge on any atom is 0.279 e. The van der Waals surface area contributed by atoms with E-state index in [1.54, 1.807) is 20.0 Å². The average Bonchev–Trinajstić information content (AvgIpc) is 2.70. The first-order valence-electron chi connectivity index (χ1n) is 9.84. The topological polar surface area (TPSA) is 101 Å². The molecule has 4 N–H and O–H groups in total. The average molecular weight is 403 g/mol. The van der Waals surface area contributed by atoms with Gasteiger partial charge in [0.15, 0.2) is 0 Å². The van der Waals surface area contributed by atoms with Crippen molar-refractivity contribution in [2.45, 2.75) is 31.8 Å². The molecule has 0 saturated carbocycles. The predicted octanol–water partition coefficient (Wildman–Crippen LogP) is 4.21. The van der Waals surface area contributed by atoms with E-state index in [9.17, 15) is 5.11 Å². The van der Waals surface area contributed by atoms with Crippen LogP contribution < -0.4 is 10.5 Å². The number of amidine groups is 1. The number of benzene rings is 2. The van der Waals surface area contributed by atoms with Gasteiger partial charge in [-0.15, -0.1) is 0 Å². The van der Waals surface area contributed by atoms with Gasteiger partial charge in [-0.1, -0.05) is 24.3 Å². The summed E-state index contributed by atoms with van der Waals surface area (Å²) >= 11 is 0. The molecule has 154 valence electrons. The highest BCUT2D eigenvalue weighted by atomic mass is 16.5. The fourth-order valence-corrected chi connectivity index (χ4v) is 3.84. The highest BCUT2D eigenvalue weighted by molar-refractivity contribution is 5.69. The summed E-state index contributed by atoms with van der Waals surface area (Å²) < 4.78 is 11.6. The third-order valence-electron chi connectivity index (χ3n) is 5.09. The largest absolute Gasteiger partial charge is 0.465 e. The van der Waals surface area contributed by atoms with Crippen LogP contribution in [0.15, 0.2) is 60.9 Å². The fraction of sp³-hybridized carbons (Fsp3) is 0.250. The minimum atomic E-state index is -0.819. The summed E-state index contributed by atoms with van der Waals surface area (Å²) in [6.07, 6.45) is 4.08. The molecule has 0 radical (unpaired) electrons. The predicted molar refractivity (Wildman–Crippen MR) is 116 cm³/mol. The van der Waals surface area contributed by atoms with E-state index >= 15 is 0 Å². The van der Waals surface area contributed by atoms with E-state index in [4.69, 9.17) is 20.6 Å². The Morgan fingerprint density at radius 3 is 2.53 bits per heavy atom. The molecule has 1 aromatic heterocycles. The summed E-state index contributed by atoms with van der Waals surface area (Å²) in [5, 5.41) is 17.7. The van der Waals surface area contributed by atoms with Gasteiger partial charge in [0.05, 0.1) is 11.5 Å². The van der Waals surface area contributed by atoms with Crippen LogP contribution in [-0.4, -0.2) is 28.3 Å². The van der Waals surface area contributed by atoms with Crippen LogP contribution in [0.5, 0.6) is 11.5 Å². The van der Waals surface area contributed by atoms with E-state index in [1.807, 2.05) is 48.7 Å². The summed E-state index contributed by atoms with van der Waals surface area (Å²) in [7, 11) is 0. The Balaban J connectivity index is 1.78. The molecule has 6 heteroatoms. The number of hydrogen-bond acceptors (Lipinski definition) is 5. The van der Waals surface area contributed by atoms with Crippen molar-refractivity contribution in [3.8, 4) is 22.6 Å². The zero-order valence-corrected chi connectivity index (χ0v) is 17.1. The summed E-state index contributed by atoms with van der Waals surface area (Å²) in [4.78, 5) is 4.21. The molecule has 2 aromatic carbocycles. The van der Waals surface area contributed by atoms with Crippen LogP contribution >= 0.6 is 0 Å². The number of nitrogens with one attached hydrogen (secondary N) is 1. The number of ether oxygens (including phenoxy) is 2. The maximum atomic E-state index is 10.2. The van der Waals surface area contributed by atoms with Crippen molar-refractivity contribution in [1.29, 1.82) is 5.41 Å². The van der Waals surface area contributed by atoms with Crippen molar-refractivity contribution in [2.24, 2.45) is 5.73 Å². The van der Waals surface area contributed by atoms with Crippen molar-refractivity contribution in [2.75, 3.05) is 6.61 Å². The second-order valence-electron chi connectivity index (χ2n) is 8.19. The Morgan fingerprint density at radius 2 is 1.87 bits per heavy atom. The standard InChI is InChI=1S/C24H25N3O3/c1-24(2,28)12-15-5-7-21-18(10-15)20(14-29-23(25)26)19-11-16(6-8-22(19)30-21)17-4-3-9-27-13-17/h3-11,13,20,28H,12,14H2,1-2H3,(H3,25,26). The minimum absolute atomic E-state index is 0.161. The highest BCUT2D eigenvalue weighted by Gasteiger charge is 2.29. The van der Waals surface area contributed by atoms with Crippen LogP contribution in [0.25, 0.3) is 11.1 Å². The number of pyridine rings is 1.